The number of benzene rings is 2. The Labute approximate surface area is 178 Å². The van der Waals surface area contributed by atoms with Crippen LogP contribution in [0.15, 0.2) is 60.9 Å². The van der Waals surface area contributed by atoms with Crippen LogP contribution >= 0.6 is 11.6 Å². The normalized spacial score (nSPS) is 13.1. The van der Waals surface area contributed by atoms with E-state index in [-0.39, 0.29) is 0 Å². The summed E-state index contributed by atoms with van der Waals surface area (Å²) < 4.78 is 11.5. The number of hydrogen-bond acceptors (Lipinski definition) is 6. The van der Waals surface area contributed by atoms with E-state index in [1.165, 1.54) is 0 Å². The molecule has 0 spiro atoms. The van der Waals surface area contributed by atoms with Crippen molar-refractivity contribution in [1.82, 2.24) is 15.0 Å². The van der Waals surface area contributed by atoms with Crippen LogP contribution in [0.3, 0.4) is 0 Å². The number of para-hydroxylation sites is 1. The summed E-state index contributed by atoms with van der Waals surface area (Å²) in [5.74, 6) is 2.67. The lowest BCUT2D eigenvalue weighted by Crippen LogP contribution is -2.05. The van der Waals surface area contributed by atoms with Crippen molar-refractivity contribution in [2.24, 2.45) is 0 Å². The van der Waals surface area contributed by atoms with Gasteiger partial charge >= 0.3 is 0 Å². The van der Waals surface area contributed by atoms with Gasteiger partial charge in [-0.05, 0) is 42.0 Å². The first kappa shape index (κ1) is 18.6. The molecule has 6 nitrogen and oxygen atoms in total. The fraction of sp³-hybridized carbons (Fsp3) is 0.174. The second-order valence-corrected chi connectivity index (χ2v) is 7.37. The summed E-state index contributed by atoms with van der Waals surface area (Å²) in [6, 6.07) is 15.6. The van der Waals surface area contributed by atoms with Crippen LogP contribution < -0.4 is 14.8 Å². The molecule has 0 unspecified atom stereocenters. The minimum Gasteiger partial charge on any atom is -0.489 e. The highest BCUT2D eigenvalue weighted by Crippen LogP contribution is 2.38. The minimum atomic E-state index is 0.532. The number of aromatic nitrogens is 3. The molecule has 0 saturated carbocycles. The molecule has 3 heterocycles. The van der Waals surface area contributed by atoms with Gasteiger partial charge in [-0.3, -0.25) is 4.98 Å². The Morgan fingerprint density at radius 1 is 1.00 bits per heavy atom. The quantitative estimate of drug-likeness (QED) is 0.496. The topological polar surface area (TPSA) is 69.2 Å². The highest BCUT2D eigenvalue weighted by atomic mass is 35.5. The van der Waals surface area contributed by atoms with Gasteiger partial charge in [0.1, 0.15) is 5.82 Å². The molecular formula is C23H19ClN4O2. The van der Waals surface area contributed by atoms with Crippen LogP contribution in [-0.2, 0) is 6.54 Å². The summed E-state index contributed by atoms with van der Waals surface area (Å²) in [4.78, 5) is 13.6. The third kappa shape index (κ3) is 3.74. The van der Waals surface area contributed by atoms with Crippen LogP contribution in [-0.4, -0.2) is 28.2 Å². The van der Waals surface area contributed by atoms with Crippen molar-refractivity contribution in [3.8, 4) is 22.9 Å². The molecule has 30 heavy (non-hydrogen) atoms. The maximum Gasteiger partial charge on any atom is 0.179 e. The van der Waals surface area contributed by atoms with Crippen LogP contribution in [0, 0.1) is 0 Å². The zero-order chi connectivity index (χ0) is 20.3. The maximum absolute atomic E-state index is 6.44. The van der Waals surface area contributed by atoms with Gasteiger partial charge in [0.15, 0.2) is 17.3 Å². The molecule has 0 aliphatic carbocycles. The van der Waals surface area contributed by atoms with Gasteiger partial charge < -0.3 is 14.8 Å². The molecule has 7 heteroatoms. The van der Waals surface area contributed by atoms with Gasteiger partial charge in [-0.15, -0.1) is 0 Å². The monoisotopic (exact) mass is 418 g/mol. The SMILES string of the molecule is Clc1cc(CNc2nc(-c3cccnc3)nc3ccccc23)cc2c1OCCCO2. The van der Waals surface area contributed by atoms with E-state index in [1.54, 1.807) is 12.4 Å². The van der Waals surface area contributed by atoms with E-state index < -0.39 is 0 Å². The molecular weight excluding hydrogens is 400 g/mol. The smallest absolute Gasteiger partial charge is 0.179 e. The molecule has 0 saturated heterocycles. The molecule has 0 fully saturated rings. The average Bonchev–Trinajstić information content (AvgIpc) is 3.04. The lowest BCUT2D eigenvalue weighted by atomic mass is 10.1. The van der Waals surface area contributed by atoms with Crippen molar-refractivity contribution in [1.29, 1.82) is 0 Å². The molecule has 0 amide bonds. The number of anilines is 1. The molecule has 0 bridgehead atoms. The summed E-state index contributed by atoms with van der Waals surface area (Å²) >= 11 is 6.44. The van der Waals surface area contributed by atoms with E-state index in [2.05, 4.69) is 10.3 Å². The maximum atomic E-state index is 6.44. The molecule has 150 valence electrons. The standard InChI is InChI=1S/C23H19ClN4O2/c24-18-11-15(12-20-21(18)30-10-4-9-29-20)13-26-23-17-6-1-2-7-19(17)27-22(28-23)16-5-3-8-25-14-16/h1-3,5-8,11-12,14H,4,9-10,13H2,(H,26,27,28). The zero-order valence-electron chi connectivity index (χ0n) is 16.1. The van der Waals surface area contributed by atoms with Crippen molar-refractivity contribution in [2.75, 3.05) is 18.5 Å². The lowest BCUT2D eigenvalue weighted by Gasteiger charge is -2.14. The molecule has 2 aromatic carbocycles. The summed E-state index contributed by atoms with van der Waals surface area (Å²) in [7, 11) is 0. The summed E-state index contributed by atoms with van der Waals surface area (Å²) in [6.45, 7) is 1.75. The van der Waals surface area contributed by atoms with E-state index in [9.17, 15) is 0 Å². The van der Waals surface area contributed by atoms with E-state index in [1.807, 2.05) is 48.5 Å². The van der Waals surface area contributed by atoms with E-state index in [4.69, 9.17) is 31.0 Å². The van der Waals surface area contributed by atoms with Gasteiger partial charge in [0, 0.05) is 36.3 Å². The van der Waals surface area contributed by atoms with Gasteiger partial charge in [-0.2, -0.15) is 0 Å². The van der Waals surface area contributed by atoms with Crippen LogP contribution in [0.4, 0.5) is 5.82 Å². The van der Waals surface area contributed by atoms with Crippen molar-refractivity contribution in [3.63, 3.8) is 0 Å². The number of ether oxygens (including phenoxy) is 2. The van der Waals surface area contributed by atoms with E-state index in [0.717, 1.165) is 34.3 Å². The van der Waals surface area contributed by atoms with Gasteiger partial charge in [0.05, 0.1) is 23.8 Å². The molecule has 2 aromatic heterocycles. The first-order valence-corrected chi connectivity index (χ1v) is 10.1. The molecule has 4 aromatic rings. The summed E-state index contributed by atoms with van der Waals surface area (Å²) in [6.07, 6.45) is 4.33. The number of nitrogens with one attached hydrogen (secondary N) is 1. The number of rotatable bonds is 4. The molecule has 0 radical (unpaired) electrons. The number of nitrogens with zero attached hydrogens (tertiary/aromatic N) is 3. The van der Waals surface area contributed by atoms with Crippen molar-refractivity contribution in [2.45, 2.75) is 13.0 Å². The fourth-order valence-electron chi connectivity index (χ4n) is 3.41. The van der Waals surface area contributed by atoms with Gasteiger partial charge in [0.2, 0.25) is 0 Å². The third-order valence-corrected chi connectivity index (χ3v) is 5.13. The number of hydrogen-bond donors (Lipinski definition) is 1. The van der Waals surface area contributed by atoms with E-state index in [0.29, 0.717) is 42.1 Å². The predicted molar refractivity (Wildman–Crippen MR) is 117 cm³/mol. The predicted octanol–water partition coefficient (Wildman–Crippen LogP) is 5.12. The third-order valence-electron chi connectivity index (χ3n) is 4.84. The molecule has 1 aliphatic rings. The fourth-order valence-corrected chi connectivity index (χ4v) is 3.70. The highest BCUT2D eigenvalue weighted by molar-refractivity contribution is 6.32. The lowest BCUT2D eigenvalue weighted by molar-refractivity contribution is 0.297. The van der Waals surface area contributed by atoms with Crippen molar-refractivity contribution in [3.05, 3.63) is 71.5 Å². The highest BCUT2D eigenvalue weighted by Gasteiger charge is 2.16. The van der Waals surface area contributed by atoms with E-state index >= 15 is 0 Å². The second-order valence-electron chi connectivity index (χ2n) is 6.96. The van der Waals surface area contributed by atoms with Gasteiger partial charge in [-0.1, -0.05) is 23.7 Å². The van der Waals surface area contributed by atoms with Crippen molar-refractivity contribution >= 4 is 28.3 Å². The number of fused-ring (bicyclic) bond motifs is 2. The van der Waals surface area contributed by atoms with Crippen molar-refractivity contribution < 1.29 is 9.47 Å². The molecule has 5 rings (SSSR count). The Morgan fingerprint density at radius 2 is 1.90 bits per heavy atom. The van der Waals surface area contributed by atoms with Crippen LogP contribution in [0.5, 0.6) is 11.5 Å². The Hall–Kier alpha value is -3.38. The van der Waals surface area contributed by atoms with Crippen LogP contribution in [0.25, 0.3) is 22.3 Å². The minimum absolute atomic E-state index is 0.532. The Bertz CT molecular complexity index is 1200. The zero-order valence-corrected chi connectivity index (χ0v) is 16.9. The van der Waals surface area contributed by atoms with Crippen LogP contribution in [0.2, 0.25) is 5.02 Å². The Balaban J connectivity index is 1.48. The summed E-state index contributed by atoms with van der Waals surface area (Å²) in [5.41, 5.74) is 2.71. The van der Waals surface area contributed by atoms with Gasteiger partial charge in [-0.25, -0.2) is 9.97 Å². The summed E-state index contributed by atoms with van der Waals surface area (Å²) in [5, 5.41) is 4.94. The number of pyridine rings is 1. The molecule has 1 aliphatic heterocycles. The second kappa shape index (κ2) is 8.16. The molecule has 1 N–H and O–H groups in total. The van der Waals surface area contributed by atoms with Crippen LogP contribution in [0.1, 0.15) is 12.0 Å². The average molecular weight is 419 g/mol. The first-order valence-electron chi connectivity index (χ1n) is 9.77. The van der Waals surface area contributed by atoms with Gasteiger partial charge in [0.25, 0.3) is 0 Å². The molecule has 0 atom stereocenters. The number of halogens is 1. The largest absolute Gasteiger partial charge is 0.489 e. The Morgan fingerprint density at radius 3 is 2.80 bits per heavy atom. The Kier molecular flexibility index (Phi) is 5.07. The first-order chi connectivity index (χ1) is 14.8.